The smallest absolute Gasteiger partial charge is 0.293 e. The molecule has 0 saturated carbocycles. The highest BCUT2D eigenvalue weighted by Crippen LogP contribution is 2.27. The molecule has 2 aromatic rings. The van der Waals surface area contributed by atoms with Gasteiger partial charge < -0.3 is 14.6 Å². The first-order chi connectivity index (χ1) is 11.2. The van der Waals surface area contributed by atoms with Crippen molar-refractivity contribution in [2.75, 3.05) is 19.6 Å². The highest BCUT2D eigenvalue weighted by molar-refractivity contribution is 7.80. The summed E-state index contributed by atoms with van der Waals surface area (Å²) in [5.74, 6) is 0.630. The fraction of sp³-hybridized carbons (Fsp3) is 0.412. The number of carbonyl (C=O) groups is 1. The summed E-state index contributed by atoms with van der Waals surface area (Å²) in [4.78, 5) is 14.7. The van der Waals surface area contributed by atoms with E-state index in [0.29, 0.717) is 22.7 Å². The first-order valence-electron chi connectivity index (χ1n) is 8.02. The molecule has 0 radical (unpaired) electrons. The van der Waals surface area contributed by atoms with E-state index in [0.717, 1.165) is 11.9 Å². The number of nitrogens with one attached hydrogen (secondary N) is 2. The summed E-state index contributed by atoms with van der Waals surface area (Å²) in [6.07, 6.45) is 2.41. The van der Waals surface area contributed by atoms with E-state index in [1.807, 2.05) is 24.3 Å². The molecule has 0 spiro atoms. The molecule has 5 nitrogen and oxygen atoms in total. The van der Waals surface area contributed by atoms with Crippen LogP contribution in [0.25, 0.3) is 11.0 Å². The van der Waals surface area contributed by atoms with Gasteiger partial charge in [0.25, 0.3) is 5.91 Å². The average molecular weight is 329 g/mol. The number of nitrogens with zero attached hydrogens (tertiary/aromatic N) is 1. The molecule has 3 fully saturated rings. The van der Waals surface area contributed by atoms with E-state index in [1.54, 1.807) is 6.07 Å². The van der Waals surface area contributed by atoms with Gasteiger partial charge in [0, 0.05) is 18.0 Å². The molecule has 3 saturated heterocycles. The zero-order valence-electron chi connectivity index (χ0n) is 12.7. The molecule has 120 valence electrons. The van der Waals surface area contributed by atoms with E-state index in [2.05, 4.69) is 15.5 Å². The van der Waals surface area contributed by atoms with Crippen molar-refractivity contribution in [3.63, 3.8) is 0 Å². The van der Waals surface area contributed by atoms with Crippen LogP contribution in [0, 0.1) is 5.92 Å². The molecule has 5 rings (SSSR count). The average Bonchev–Trinajstić information content (AvgIpc) is 3.00. The standard InChI is InChI=1S/C17H19N3O2S/c21-16(15-9-12-3-1-2-4-14(12)22-15)19-17(23)18-13-10-20-7-5-11(13)6-8-20/h1-4,9,11,13H,5-8,10H2,(H2,18,19,21,23). The first kappa shape index (κ1) is 14.7. The van der Waals surface area contributed by atoms with Crippen LogP contribution in [0.5, 0.6) is 0 Å². The maximum atomic E-state index is 12.3. The molecule has 6 heteroatoms. The summed E-state index contributed by atoms with van der Waals surface area (Å²) < 4.78 is 5.56. The Kier molecular flexibility index (Phi) is 3.79. The van der Waals surface area contributed by atoms with Crippen LogP contribution in [-0.4, -0.2) is 41.6 Å². The number of amides is 1. The summed E-state index contributed by atoms with van der Waals surface area (Å²) in [6.45, 7) is 3.37. The Labute approximate surface area is 140 Å². The van der Waals surface area contributed by atoms with Crippen molar-refractivity contribution in [1.82, 2.24) is 15.5 Å². The summed E-state index contributed by atoms with van der Waals surface area (Å²) in [7, 11) is 0. The van der Waals surface area contributed by atoms with Gasteiger partial charge in [0.1, 0.15) is 5.58 Å². The number of thiocarbonyl (C=S) groups is 1. The maximum Gasteiger partial charge on any atom is 0.293 e. The van der Waals surface area contributed by atoms with Gasteiger partial charge >= 0.3 is 0 Å². The lowest BCUT2D eigenvalue weighted by atomic mass is 9.84. The molecule has 23 heavy (non-hydrogen) atoms. The zero-order chi connectivity index (χ0) is 15.8. The van der Waals surface area contributed by atoms with Gasteiger partial charge in [0.05, 0.1) is 0 Å². The fourth-order valence-corrected chi connectivity index (χ4v) is 3.84. The molecular weight excluding hydrogens is 310 g/mol. The summed E-state index contributed by atoms with van der Waals surface area (Å²) in [5.41, 5.74) is 0.703. The van der Waals surface area contributed by atoms with Crippen LogP contribution in [0.2, 0.25) is 0 Å². The van der Waals surface area contributed by atoms with Crippen molar-refractivity contribution < 1.29 is 9.21 Å². The molecule has 1 unspecified atom stereocenters. The highest BCUT2D eigenvalue weighted by atomic mass is 32.1. The van der Waals surface area contributed by atoms with E-state index >= 15 is 0 Å². The Hall–Kier alpha value is -1.92. The van der Waals surface area contributed by atoms with Crippen LogP contribution in [0.15, 0.2) is 34.7 Å². The second-order valence-corrected chi connectivity index (χ2v) is 6.73. The zero-order valence-corrected chi connectivity index (χ0v) is 13.6. The minimum absolute atomic E-state index is 0.282. The quantitative estimate of drug-likeness (QED) is 0.827. The molecule has 2 bridgehead atoms. The van der Waals surface area contributed by atoms with Gasteiger partial charge in [0.15, 0.2) is 10.9 Å². The van der Waals surface area contributed by atoms with Gasteiger partial charge in [-0.25, -0.2) is 0 Å². The lowest BCUT2D eigenvalue weighted by molar-refractivity contribution is 0.0805. The summed E-state index contributed by atoms with van der Waals surface area (Å²) in [5, 5.41) is 7.33. The van der Waals surface area contributed by atoms with Gasteiger partial charge in [0.2, 0.25) is 0 Å². The maximum absolute atomic E-state index is 12.3. The molecule has 4 heterocycles. The number of furan rings is 1. The highest BCUT2D eigenvalue weighted by Gasteiger charge is 2.34. The van der Waals surface area contributed by atoms with E-state index in [4.69, 9.17) is 16.6 Å². The van der Waals surface area contributed by atoms with Gasteiger partial charge in [-0.05, 0) is 56.2 Å². The van der Waals surface area contributed by atoms with E-state index in [9.17, 15) is 4.79 Å². The predicted molar refractivity (Wildman–Crippen MR) is 92.4 cm³/mol. The number of piperidine rings is 3. The third-order valence-electron chi connectivity index (χ3n) is 4.85. The topological polar surface area (TPSA) is 57.5 Å². The van der Waals surface area contributed by atoms with Crippen molar-refractivity contribution in [3.05, 3.63) is 36.1 Å². The van der Waals surface area contributed by atoms with Crippen LogP contribution >= 0.6 is 12.2 Å². The number of carbonyl (C=O) groups excluding carboxylic acids is 1. The number of hydrogen-bond acceptors (Lipinski definition) is 4. The largest absolute Gasteiger partial charge is 0.451 e. The monoisotopic (exact) mass is 329 g/mol. The molecule has 0 aliphatic carbocycles. The lowest BCUT2D eigenvalue weighted by Gasteiger charge is -2.45. The van der Waals surface area contributed by atoms with Gasteiger partial charge in [-0.2, -0.15) is 0 Å². The molecule has 1 amide bonds. The van der Waals surface area contributed by atoms with Crippen molar-refractivity contribution in [3.8, 4) is 0 Å². The number of benzene rings is 1. The van der Waals surface area contributed by atoms with E-state index in [1.165, 1.54) is 25.9 Å². The number of hydrogen-bond donors (Lipinski definition) is 2. The van der Waals surface area contributed by atoms with Gasteiger partial charge in [-0.15, -0.1) is 0 Å². The number of rotatable bonds is 2. The summed E-state index contributed by atoms with van der Waals surface area (Å²) in [6, 6.07) is 9.63. The minimum atomic E-state index is -0.306. The SMILES string of the molecule is O=C(NC(=S)NC1CN2CCC1CC2)c1cc2ccccc2o1. The van der Waals surface area contributed by atoms with Crippen LogP contribution in [0.3, 0.4) is 0 Å². The van der Waals surface area contributed by atoms with Crippen molar-refractivity contribution in [2.24, 2.45) is 5.92 Å². The third kappa shape index (κ3) is 2.96. The molecular formula is C17H19N3O2S. The second kappa shape index (κ2) is 5.94. The lowest BCUT2D eigenvalue weighted by Crippen LogP contribution is -2.59. The molecule has 3 aliphatic heterocycles. The van der Waals surface area contributed by atoms with Crippen LogP contribution in [0.4, 0.5) is 0 Å². The fourth-order valence-electron chi connectivity index (χ4n) is 3.59. The Morgan fingerprint density at radius 1 is 1.26 bits per heavy atom. The predicted octanol–water partition coefficient (Wildman–Crippen LogP) is 2.13. The Balaban J connectivity index is 1.39. The van der Waals surface area contributed by atoms with Crippen LogP contribution in [0.1, 0.15) is 23.4 Å². The molecule has 3 aliphatic rings. The van der Waals surface area contributed by atoms with Crippen LogP contribution in [-0.2, 0) is 0 Å². The van der Waals surface area contributed by atoms with Crippen LogP contribution < -0.4 is 10.6 Å². The molecule has 2 N–H and O–H groups in total. The number of fused-ring (bicyclic) bond motifs is 4. The van der Waals surface area contributed by atoms with Gasteiger partial charge in [-0.3, -0.25) is 10.1 Å². The molecule has 1 aromatic carbocycles. The number of para-hydroxylation sites is 1. The van der Waals surface area contributed by atoms with E-state index < -0.39 is 0 Å². The van der Waals surface area contributed by atoms with Crippen molar-refractivity contribution in [2.45, 2.75) is 18.9 Å². The van der Waals surface area contributed by atoms with E-state index in [-0.39, 0.29) is 11.7 Å². The summed E-state index contributed by atoms with van der Waals surface area (Å²) >= 11 is 5.30. The first-order valence-corrected chi connectivity index (χ1v) is 8.42. The Bertz CT molecular complexity index is 716. The Morgan fingerprint density at radius 3 is 2.74 bits per heavy atom. The van der Waals surface area contributed by atoms with Crippen molar-refractivity contribution in [1.29, 1.82) is 0 Å². The molecule has 1 aromatic heterocycles. The Morgan fingerprint density at radius 2 is 2.04 bits per heavy atom. The second-order valence-electron chi connectivity index (χ2n) is 6.32. The third-order valence-corrected chi connectivity index (χ3v) is 5.07. The van der Waals surface area contributed by atoms with Gasteiger partial charge in [-0.1, -0.05) is 18.2 Å². The molecule has 1 atom stereocenters. The normalized spacial score (nSPS) is 26.2. The minimum Gasteiger partial charge on any atom is -0.451 e. The van der Waals surface area contributed by atoms with Crippen molar-refractivity contribution >= 4 is 34.2 Å².